The summed E-state index contributed by atoms with van der Waals surface area (Å²) in [5.41, 5.74) is -1.12. The third-order valence-corrected chi connectivity index (χ3v) is 2.76. The zero-order valence-corrected chi connectivity index (χ0v) is 13.5. The molecule has 0 unspecified atom stereocenters. The molecule has 8 heteroatoms. The second kappa shape index (κ2) is 7.17. The van der Waals surface area contributed by atoms with Crippen LogP contribution in [0.15, 0.2) is 18.2 Å². The van der Waals surface area contributed by atoms with Gasteiger partial charge in [-0.25, -0.2) is 9.18 Å². The molecule has 7 nitrogen and oxygen atoms in total. The number of carbonyl (C=O) groups excluding carboxylic acids is 1. The van der Waals surface area contributed by atoms with Crippen LogP contribution in [0.5, 0.6) is 0 Å². The van der Waals surface area contributed by atoms with E-state index in [0.717, 1.165) is 12.1 Å². The van der Waals surface area contributed by atoms with E-state index >= 15 is 0 Å². The van der Waals surface area contributed by atoms with Crippen LogP contribution in [0.25, 0.3) is 0 Å². The Morgan fingerprint density at radius 2 is 2.09 bits per heavy atom. The van der Waals surface area contributed by atoms with Crippen molar-refractivity contribution in [2.24, 2.45) is 0 Å². The first kappa shape index (κ1) is 18.5. The predicted octanol–water partition coefficient (Wildman–Crippen LogP) is 3.41. The number of ether oxygens (including phenoxy) is 1. The van der Waals surface area contributed by atoms with Crippen LogP contribution in [0.4, 0.5) is 14.9 Å². The second-order valence-electron chi connectivity index (χ2n) is 6.15. The van der Waals surface area contributed by atoms with Crippen LogP contribution < -0.4 is 5.32 Å². The molecule has 0 radical (unpaired) electrons. The van der Waals surface area contributed by atoms with Gasteiger partial charge in [0.1, 0.15) is 11.4 Å². The quantitative estimate of drug-likeness (QED) is 0.491. The first-order valence-electron chi connectivity index (χ1n) is 7.01. The topological polar surface area (TPSA) is 105 Å². The number of non-ortho nitro benzene ring substituents is 1. The number of nitrogens with one attached hydrogen (secondary N) is 2. The third kappa shape index (κ3) is 6.01. The molecule has 0 aliphatic carbocycles. The predicted molar refractivity (Wildman–Crippen MR) is 83.3 cm³/mol. The van der Waals surface area contributed by atoms with E-state index in [0.29, 0.717) is 0 Å². The van der Waals surface area contributed by atoms with Crippen molar-refractivity contribution < 1.29 is 18.8 Å². The maximum absolute atomic E-state index is 13.8. The van der Waals surface area contributed by atoms with Gasteiger partial charge >= 0.3 is 6.09 Å². The Bertz CT molecular complexity index is 626. The molecule has 1 aromatic carbocycles. The Kier molecular flexibility index (Phi) is 5.78. The Hall–Kier alpha value is -2.51. The summed E-state index contributed by atoms with van der Waals surface area (Å²) < 4.78 is 18.9. The summed E-state index contributed by atoms with van der Waals surface area (Å²) in [7, 11) is 0. The summed E-state index contributed by atoms with van der Waals surface area (Å²) in [6.45, 7) is 6.84. The zero-order chi connectivity index (χ0) is 17.8. The van der Waals surface area contributed by atoms with E-state index in [1.807, 2.05) is 0 Å². The number of carbonyl (C=O) groups is 1. The van der Waals surface area contributed by atoms with Crippen LogP contribution in [0, 0.1) is 21.3 Å². The molecule has 0 saturated heterocycles. The third-order valence-electron chi connectivity index (χ3n) is 2.76. The summed E-state index contributed by atoms with van der Waals surface area (Å²) in [4.78, 5) is 21.5. The lowest BCUT2D eigenvalue weighted by Crippen LogP contribution is -2.38. The number of alkyl carbamates (subject to hydrolysis) is 1. The number of hydrogen-bond acceptors (Lipinski definition) is 5. The van der Waals surface area contributed by atoms with Gasteiger partial charge in [-0.15, -0.1) is 0 Å². The highest BCUT2D eigenvalue weighted by Gasteiger charge is 2.20. The van der Waals surface area contributed by atoms with E-state index in [1.165, 1.54) is 6.07 Å². The molecule has 0 fully saturated rings. The molecular formula is C15H20FN3O4. The van der Waals surface area contributed by atoms with Crippen molar-refractivity contribution >= 4 is 17.5 Å². The smallest absolute Gasteiger partial charge is 0.407 e. The maximum Gasteiger partial charge on any atom is 0.407 e. The highest BCUT2D eigenvalue weighted by atomic mass is 19.1. The number of nitrogens with zero attached hydrogens (tertiary/aromatic N) is 1. The average Bonchev–Trinajstić information content (AvgIpc) is 2.35. The molecule has 0 aliphatic heterocycles. The number of amides is 1. The lowest BCUT2D eigenvalue weighted by Gasteiger charge is -2.22. The lowest BCUT2D eigenvalue weighted by atomic mass is 10.0. The Morgan fingerprint density at radius 3 is 2.57 bits per heavy atom. The number of benzene rings is 1. The number of halogens is 1. The van der Waals surface area contributed by atoms with Crippen LogP contribution in [0.3, 0.4) is 0 Å². The van der Waals surface area contributed by atoms with Crippen molar-refractivity contribution in [1.29, 1.82) is 5.41 Å². The van der Waals surface area contributed by atoms with Crippen LogP contribution in [0.2, 0.25) is 0 Å². The van der Waals surface area contributed by atoms with Gasteiger partial charge in [0.15, 0.2) is 0 Å². The summed E-state index contributed by atoms with van der Waals surface area (Å²) in [5.74, 6) is -0.839. The molecule has 1 atom stereocenters. The van der Waals surface area contributed by atoms with Crippen molar-refractivity contribution in [2.75, 3.05) is 0 Å². The number of nitro groups is 1. The zero-order valence-electron chi connectivity index (χ0n) is 13.5. The van der Waals surface area contributed by atoms with Gasteiger partial charge in [-0.05, 0) is 33.8 Å². The number of hydrogen-bond donors (Lipinski definition) is 2. The van der Waals surface area contributed by atoms with Crippen molar-refractivity contribution in [1.82, 2.24) is 5.32 Å². The highest BCUT2D eigenvalue weighted by Crippen LogP contribution is 2.18. The fourth-order valence-corrected chi connectivity index (χ4v) is 1.84. The minimum atomic E-state index is -0.839. The molecule has 1 amide bonds. The molecular weight excluding hydrogens is 305 g/mol. The van der Waals surface area contributed by atoms with Gasteiger partial charge in [0, 0.05) is 29.8 Å². The second-order valence-corrected chi connectivity index (χ2v) is 6.15. The summed E-state index contributed by atoms with van der Waals surface area (Å²) in [6.07, 6.45) is -0.560. The molecule has 0 aromatic heterocycles. The molecule has 0 heterocycles. The molecule has 0 bridgehead atoms. The SMILES string of the molecule is C[C@H](CC(=N)c1ccc([N+](=O)[O-])cc1F)NC(=O)OC(C)(C)C. The number of nitro benzene ring substituents is 1. The van der Waals surface area contributed by atoms with E-state index in [2.05, 4.69) is 5.32 Å². The van der Waals surface area contributed by atoms with E-state index in [4.69, 9.17) is 10.1 Å². The standard InChI is InChI=1S/C15H20FN3O4/c1-9(18-14(20)23-15(2,3)4)7-13(17)11-6-5-10(19(21)22)8-12(11)16/h5-6,8-9,17H,7H2,1-4H3,(H,18,20)/t9-/m1/s1. The van der Waals surface area contributed by atoms with E-state index in [-0.39, 0.29) is 23.4 Å². The van der Waals surface area contributed by atoms with Gasteiger partial charge in [0.05, 0.1) is 11.0 Å². The Morgan fingerprint density at radius 1 is 1.48 bits per heavy atom. The first-order chi connectivity index (χ1) is 10.5. The average molecular weight is 325 g/mol. The molecule has 23 heavy (non-hydrogen) atoms. The summed E-state index contributed by atoms with van der Waals surface area (Å²) in [6, 6.07) is 2.65. The van der Waals surface area contributed by atoms with Gasteiger partial charge in [-0.3, -0.25) is 10.1 Å². The fourth-order valence-electron chi connectivity index (χ4n) is 1.84. The summed E-state index contributed by atoms with van der Waals surface area (Å²) in [5, 5.41) is 21.0. The number of rotatable bonds is 5. The molecule has 0 saturated carbocycles. The van der Waals surface area contributed by atoms with Crippen molar-refractivity contribution in [3.63, 3.8) is 0 Å². The largest absolute Gasteiger partial charge is 0.444 e. The Balaban J connectivity index is 2.69. The van der Waals surface area contributed by atoms with Gasteiger partial charge in [0.25, 0.3) is 5.69 Å². The normalized spacial score (nSPS) is 12.4. The molecule has 0 aliphatic rings. The monoisotopic (exact) mass is 325 g/mol. The van der Waals surface area contributed by atoms with Crippen LogP contribution in [-0.2, 0) is 4.74 Å². The van der Waals surface area contributed by atoms with Gasteiger partial charge < -0.3 is 15.5 Å². The van der Waals surface area contributed by atoms with Gasteiger partial charge in [0.2, 0.25) is 0 Å². The van der Waals surface area contributed by atoms with Crippen LogP contribution in [0.1, 0.15) is 39.7 Å². The maximum atomic E-state index is 13.8. The fraction of sp³-hybridized carbons (Fsp3) is 0.467. The minimum absolute atomic E-state index is 0.0339. The lowest BCUT2D eigenvalue weighted by molar-refractivity contribution is -0.385. The van der Waals surface area contributed by atoms with E-state index in [9.17, 15) is 19.3 Å². The van der Waals surface area contributed by atoms with E-state index < -0.39 is 28.5 Å². The molecule has 1 aromatic rings. The molecule has 1 rings (SSSR count). The van der Waals surface area contributed by atoms with Crippen molar-refractivity contribution in [3.8, 4) is 0 Å². The van der Waals surface area contributed by atoms with Crippen LogP contribution in [-0.4, -0.2) is 28.4 Å². The van der Waals surface area contributed by atoms with Crippen molar-refractivity contribution in [3.05, 3.63) is 39.7 Å². The molecule has 0 spiro atoms. The van der Waals surface area contributed by atoms with Crippen molar-refractivity contribution in [2.45, 2.75) is 45.8 Å². The highest BCUT2D eigenvalue weighted by molar-refractivity contribution is 5.99. The first-order valence-corrected chi connectivity index (χ1v) is 7.01. The minimum Gasteiger partial charge on any atom is -0.444 e. The van der Waals surface area contributed by atoms with Gasteiger partial charge in [-0.2, -0.15) is 0 Å². The molecule has 126 valence electrons. The molecule has 2 N–H and O–H groups in total. The Labute approximate surface area is 133 Å². The van der Waals surface area contributed by atoms with Crippen LogP contribution >= 0.6 is 0 Å². The van der Waals surface area contributed by atoms with E-state index in [1.54, 1.807) is 27.7 Å². The summed E-state index contributed by atoms with van der Waals surface area (Å²) >= 11 is 0. The van der Waals surface area contributed by atoms with Gasteiger partial charge in [-0.1, -0.05) is 0 Å².